The average Bonchev–Trinajstić information content (AvgIpc) is 2.35. The Kier molecular flexibility index (Phi) is 4.84. The summed E-state index contributed by atoms with van der Waals surface area (Å²) >= 11 is 4.80. The average molecular weight is 252 g/mol. The van der Waals surface area contributed by atoms with Crippen molar-refractivity contribution in [2.24, 2.45) is 5.73 Å². The third kappa shape index (κ3) is 3.99. The van der Waals surface area contributed by atoms with Crippen molar-refractivity contribution in [3.05, 3.63) is 24.0 Å². The molecule has 0 fully saturated rings. The van der Waals surface area contributed by atoms with E-state index in [1.165, 1.54) is 0 Å². The van der Waals surface area contributed by atoms with Crippen LogP contribution in [0.5, 0.6) is 0 Å². The van der Waals surface area contributed by atoms with Crippen molar-refractivity contribution in [2.75, 3.05) is 25.5 Å². The molecule has 1 aromatic rings. The monoisotopic (exact) mass is 252 g/mol. The van der Waals surface area contributed by atoms with E-state index in [1.54, 1.807) is 30.3 Å². The molecule has 1 aromatic heterocycles. The van der Waals surface area contributed by atoms with Crippen LogP contribution in [0.15, 0.2) is 18.3 Å². The molecule has 5 nitrogen and oxygen atoms in total. The van der Waals surface area contributed by atoms with Gasteiger partial charge in [-0.3, -0.25) is 9.78 Å². The SMILES string of the molecule is CCN(C)C(=O)CNc1ccc(C(N)=S)nc1. The van der Waals surface area contributed by atoms with Crippen molar-refractivity contribution in [1.82, 2.24) is 9.88 Å². The second-order valence-corrected chi connectivity index (χ2v) is 4.00. The summed E-state index contributed by atoms with van der Waals surface area (Å²) in [5, 5.41) is 2.99. The van der Waals surface area contributed by atoms with Gasteiger partial charge in [-0.05, 0) is 19.1 Å². The predicted octanol–water partition coefficient (Wildman–Crippen LogP) is 0.606. The Morgan fingerprint density at radius 1 is 1.59 bits per heavy atom. The minimum absolute atomic E-state index is 0.0333. The van der Waals surface area contributed by atoms with E-state index in [1.807, 2.05) is 6.92 Å². The minimum Gasteiger partial charge on any atom is -0.388 e. The van der Waals surface area contributed by atoms with Gasteiger partial charge < -0.3 is 16.0 Å². The van der Waals surface area contributed by atoms with E-state index in [0.29, 0.717) is 12.2 Å². The fraction of sp³-hybridized carbons (Fsp3) is 0.364. The lowest BCUT2D eigenvalue weighted by Crippen LogP contribution is -2.31. The molecule has 0 aliphatic carbocycles. The predicted molar refractivity (Wildman–Crippen MR) is 71.9 cm³/mol. The first kappa shape index (κ1) is 13.4. The number of nitrogens with zero attached hydrogens (tertiary/aromatic N) is 2. The van der Waals surface area contributed by atoms with Crippen LogP contribution in [0.25, 0.3) is 0 Å². The molecule has 0 atom stereocenters. The lowest BCUT2D eigenvalue weighted by molar-refractivity contribution is -0.127. The maximum Gasteiger partial charge on any atom is 0.241 e. The van der Waals surface area contributed by atoms with Crippen LogP contribution in [-0.2, 0) is 4.79 Å². The van der Waals surface area contributed by atoms with E-state index in [2.05, 4.69) is 10.3 Å². The van der Waals surface area contributed by atoms with E-state index >= 15 is 0 Å². The topological polar surface area (TPSA) is 71.2 Å². The van der Waals surface area contributed by atoms with Crippen LogP contribution in [-0.4, -0.2) is 40.9 Å². The van der Waals surface area contributed by atoms with Gasteiger partial charge in [0.15, 0.2) is 0 Å². The van der Waals surface area contributed by atoms with Crippen molar-refractivity contribution in [3.8, 4) is 0 Å². The van der Waals surface area contributed by atoms with Crippen LogP contribution >= 0.6 is 12.2 Å². The summed E-state index contributed by atoms with van der Waals surface area (Å²) in [6.07, 6.45) is 1.60. The van der Waals surface area contributed by atoms with Gasteiger partial charge in [0, 0.05) is 13.6 Å². The maximum absolute atomic E-state index is 11.5. The van der Waals surface area contributed by atoms with Gasteiger partial charge in [0.05, 0.1) is 24.1 Å². The Bertz CT molecular complexity index is 404. The second-order valence-electron chi connectivity index (χ2n) is 3.56. The van der Waals surface area contributed by atoms with Gasteiger partial charge >= 0.3 is 0 Å². The minimum atomic E-state index is 0.0333. The fourth-order valence-electron chi connectivity index (χ4n) is 1.13. The van der Waals surface area contributed by atoms with Gasteiger partial charge in [-0.25, -0.2) is 0 Å². The molecule has 6 heteroatoms. The summed E-state index contributed by atoms with van der Waals surface area (Å²) in [6, 6.07) is 3.51. The van der Waals surface area contributed by atoms with Crippen molar-refractivity contribution in [3.63, 3.8) is 0 Å². The Labute approximate surface area is 106 Å². The van der Waals surface area contributed by atoms with Gasteiger partial charge in [0.25, 0.3) is 0 Å². The first-order valence-electron chi connectivity index (χ1n) is 5.28. The highest BCUT2D eigenvalue weighted by molar-refractivity contribution is 7.80. The molecular weight excluding hydrogens is 236 g/mol. The molecule has 0 spiro atoms. The van der Waals surface area contributed by atoms with E-state index in [-0.39, 0.29) is 17.4 Å². The molecule has 0 saturated heterocycles. The zero-order valence-electron chi connectivity index (χ0n) is 9.93. The number of nitrogens with one attached hydrogen (secondary N) is 1. The van der Waals surface area contributed by atoms with E-state index in [4.69, 9.17) is 18.0 Å². The smallest absolute Gasteiger partial charge is 0.241 e. The molecule has 92 valence electrons. The normalized spacial score (nSPS) is 9.76. The summed E-state index contributed by atoms with van der Waals surface area (Å²) in [5.74, 6) is 0.0333. The second kappa shape index (κ2) is 6.15. The molecule has 0 aromatic carbocycles. The number of amides is 1. The number of thiocarbonyl (C=S) groups is 1. The van der Waals surface area contributed by atoms with Crippen LogP contribution in [0.1, 0.15) is 12.6 Å². The summed E-state index contributed by atoms with van der Waals surface area (Å²) in [5.41, 5.74) is 6.77. The van der Waals surface area contributed by atoms with E-state index in [9.17, 15) is 4.79 Å². The molecular formula is C11H16N4OS. The zero-order valence-corrected chi connectivity index (χ0v) is 10.8. The quantitative estimate of drug-likeness (QED) is 0.751. The van der Waals surface area contributed by atoms with E-state index in [0.717, 1.165) is 5.69 Å². The molecule has 0 unspecified atom stereocenters. The molecule has 0 radical (unpaired) electrons. The van der Waals surface area contributed by atoms with Crippen molar-refractivity contribution in [1.29, 1.82) is 0 Å². The Morgan fingerprint density at radius 2 is 2.29 bits per heavy atom. The van der Waals surface area contributed by atoms with Crippen molar-refractivity contribution >= 4 is 28.8 Å². The van der Waals surface area contributed by atoms with Gasteiger partial charge in [0.2, 0.25) is 5.91 Å². The lowest BCUT2D eigenvalue weighted by Gasteiger charge is -2.15. The maximum atomic E-state index is 11.5. The number of likely N-dealkylation sites (N-methyl/N-ethyl adjacent to an activating group) is 1. The Balaban J connectivity index is 2.53. The van der Waals surface area contributed by atoms with Crippen molar-refractivity contribution < 1.29 is 4.79 Å². The van der Waals surface area contributed by atoms with Gasteiger partial charge in [0.1, 0.15) is 4.99 Å². The van der Waals surface area contributed by atoms with Crippen LogP contribution in [0.3, 0.4) is 0 Å². The Hall–Kier alpha value is -1.69. The number of hydrogen-bond acceptors (Lipinski definition) is 4. The number of aromatic nitrogens is 1. The third-order valence-electron chi connectivity index (χ3n) is 2.36. The van der Waals surface area contributed by atoms with Crippen LogP contribution < -0.4 is 11.1 Å². The molecule has 0 bridgehead atoms. The first-order chi connectivity index (χ1) is 8.04. The number of carbonyl (C=O) groups excluding carboxylic acids is 1. The van der Waals surface area contributed by atoms with Crippen molar-refractivity contribution in [2.45, 2.75) is 6.92 Å². The first-order valence-corrected chi connectivity index (χ1v) is 5.69. The largest absolute Gasteiger partial charge is 0.388 e. The highest BCUT2D eigenvalue weighted by Gasteiger charge is 2.06. The molecule has 1 amide bonds. The summed E-state index contributed by atoms with van der Waals surface area (Å²) < 4.78 is 0. The number of nitrogens with two attached hydrogens (primary N) is 1. The summed E-state index contributed by atoms with van der Waals surface area (Å²) in [7, 11) is 1.76. The molecule has 0 aliphatic rings. The Morgan fingerprint density at radius 3 is 2.76 bits per heavy atom. The number of rotatable bonds is 5. The summed E-state index contributed by atoms with van der Waals surface area (Å²) in [6.45, 7) is 2.87. The number of pyridine rings is 1. The molecule has 0 aliphatic heterocycles. The van der Waals surface area contributed by atoms with E-state index < -0.39 is 0 Å². The molecule has 3 N–H and O–H groups in total. The van der Waals surface area contributed by atoms with Crippen LogP contribution in [0.2, 0.25) is 0 Å². The standard InChI is InChI=1S/C11H16N4OS/c1-3-15(2)10(16)7-13-8-4-5-9(11(12)17)14-6-8/h4-6,13H,3,7H2,1-2H3,(H2,12,17). The molecule has 1 rings (SSSR count). The third-order valence-corrected chi connectivity index (χ3v) is 2.57. The molecule has 0 saturated carbocycles. The van der Waals surface area contributed by atoms with Crippen LogP contribution in [0.4, 0.5) is 5.69 Å². The highest BCUT2D eigenvalue weighted by Crippen LogP contribution is 2.05. The van der Waals surface area contributed by atoms with Crippen LogP contribution in [0, 0.1) is 0 Å². The number of carbonyl (C=O) groups is 1. The molecule has 1 heterocycles. The van der Waals surface area contributed by atoms with Gasteiger partial charge in [-0.1, -0.05) is 12.2 Å². The summed E-state index contributed by atoms with van der Waals surface area (Å²) in [4.78, 5) is 17.5. The lowest BCUT2D eigenvalue weighted by atomic mass is 10.3. The number of anilines is 1. The molecule has 17 heavy (non-hydrogen) atoms. The zero-order chi connectivity index (χ0) is 12.8. The van der Waals surface area contributed by atoms with Gasteiger partial charge in [-0.15, -0.1) is 0 Å². The highest BCUT2D eigenvalue weighted by atomic mass is 32.1. The number of hydrogen-bond donors (Lipinski definition) is 2. The fourth-order valence-corrected chi connectivity index (χ4v) is 1.25. The van der Waals surface area contributed by atoms with Gasteiger partial charge in [-0.2, -0.15) is 0 Å².